The van der Waals surface area contributed by atoms with Crippen molar-refractivity contribution >= 4 is 56.2 Å². The van der Waals surface area contributed by atoms with Gasteiger partial charge in [0.15, 0.2) is 5.84 Å². The largest absolute Gasteiger partial charge is 0.261 e. The molecule has 0 fully saturated rings. The van der Waals surface area contributed by atoms with Gasteiger partial charge < -0.3 is 0 Å². The summed E-state index contributed by atoms with van der Waals surface area (Å²) in [6.07, 6.45) is 6.26. The summed E-state index contributed by atoms with van der Waals surface area (Å²) in [7, 11) is 0. The molecule has 3 heteroatoms. The molecule has 0 atom stereocenters. The summed E-state index contributed by atoms with van der Waals surface area (Å²) in [5.74, 6) is 0.641. The molecule has 0 N–H and O–H groups in total. The summed E-state index contributed by atoms with van der Waals surface area (Å²) < 4.78 is 2.59. The van der Waals surface area contributed by atoms with E-state index >= 15 is 0 Å². The average molecular weight is 699 g/mol. The van der Waals surface area contributed by atoms with Gasteiger partial charge in [0.25, 0.3) is 0 Å². The van der Waals surface area contributed by atoms with Crippen molar-refractivity contribution in [3.63, 3.8) is 0 Å². The Morgan fingerprint density at radius 2 is 1.25 bits per heavy atom. The van der Waals surface area contributed by atoms with Crippen molar-refractivity contribution in [1.82, 2.24) is 0 Å². The molecule has 1 aromatic heterocycles. The van der Waals surface area contributed by atoms with Crippen LogP contribution in [-0.4, -0.2) is 12.6 Å². The Balaban J connectivity index is 1.07. The Labute approximate surface area is 315 Å². The van der Waals surface area contributed by atoms with Gasteiger partial charge >= 0.3 is 0 Å². The number of fused-ring (bicyclic) bond motifs is 3. The summed E-state index contributed by atoms with van der Waals surface area (Å²) in [6, 6.07) is 56.2. The lowest BCUT2D eigenvalue weighted by molar-refractivity contribution is 1.06. The lowest BCUT2D eigenvalue weighted by Gasteiger charge is -2.11. The third-order valence-electron chi connectivity index (χ3n) is 9.73. The van der Waals surface area contributed by atoms with E-state index in [2.05, 4.69) is 189 Å². The normalized spacial score (nSPS) is 11.8. The van der Waals surface area contributed by atoms with Gasteiger partial charge in [-0.3, -0.25) is 4.99 Å². The average Bonchev–Trinajstić information content (AvgIpc) is 3.61. The number of hydrogen-bond donors (Lipinski definition) is 0. The third kappa shape index (κ3) is 6.83. The van der Waals surface area contributed by atoms with Gasteiger partial charge in [0.05, 0.1) is 6.54 Å². The quantitative estimate of drug-likeness (QED) is 0.106. The van der Waals surface area contributed by atoms with Crippen LogP contribution in [0.3, 0.4) is 0 Å². The van der Waals surface area contributed by atoms with E-state index in [1.54, 1.807) is 0 Å². The van der Waals surface area contributed by atoms with E-state index in [9.17, 15) is 0 Å². The zero-order valence-corrected chi connectivity index (χ0v) is 30.5. The maximum Gasteiger partial charge on any atom is 0.154 e. The fraction of sp³-hybridized carbons (Fsp3) is 0.0400. The van der Waals surface area contributed by atoms with Crippen LogP contribution >= 0.6 is 11.3 Å². The lowest BCUT2D eigenvalue weighted by Crippen LogP contribution is -1.98. The number of rotatable bonds is 9. The monoisotopic (exact) mass is 698 g/mol. The summed E-state index contributed by atoms with van der Waals surface area (Å²) in [4.78, 5) is 9.13. The molecule has 0 bridgehead atoms. The number of hydrogen-bond acceptors (Lipinski definition) is 2. The molecule has 1 heterocycles. The van der Waals surface area contributed by atoms with E-state index in [1.807, 2.05) is 23.5 Å². The van der Waals surface area contributed by atoms with Gasteiger partial charge in [-0.05, 0) is 99.1 Å². The van der Waals surface area contributed by atoms with Gasteiger partial charge in [-0.1, -0.05) is 158 Å². The second kappa shape index (κ2) is 15.1. The van der Waals surface area contributed by atoms with Crippen LogP contribution in [0.5, 0.6) is 0 Å². The molecule has 0 radical (unpaired) electrons. The van der Waals surface area contributed by atoms with Crippen molar-refractivity contribution in [2.24, 2.45) is 9.98 Å². The minimum atomic E-state index is 0.512. The number of allylic oxidation sites excluding steroid dienone is 1. The lowest BCUT2D eigenvalue weighted by atomic mass is 9.93. The van der Waals surface area contributed by atoms with Crippen LogP contribution in [0.15, 0.2) is 180 Å². The first kappa shape index (κ1) is 33.7. The predicted octanol–water partition coefficient (Wildman–Crippen LogP) is 14.0. The fourth-order valence-electron chi connectivity index (χ4n) is 7.12. The van der Waals surface area contributed by atoms with Gasteiger partial charge in [-0.25, -0.2) is 4.99 Å². The van der Waals surface area contributed by atoms with Crippen LogP contribution in [0.2, 0.25) is 0 Å². The topological polar surface area (TPSA) is 24.7 Å². The van der Waals surface area contributed by atoms with Crippen molar-refractivity contribution in [2.75, 3.05) is 0 Å². The van der Waals surface area contributed by atoms with Crippen molar-refractivity contribution in [1.29, 1.82) is 0 Å². The van der Waals surface area contributed by atoms with Crippen molar-refractivity contribution in [3.05, 3.63) is 193 Å². The SMILES string of the molecule is C=Cc1ccc2c(sc3cccc(-c4cccc(-c5cccc(-c6cccc(CN=C(N=C)c7ccc(-c8ccccc8)cc7)c6)c5)c4)c32)c1/C=C\C. The molecule has 2 nitrogen and oxygen atoms in total. The molecule has 0 aliphatic rings. The molecule has 7 aromatic carbocycles. The van der Waals surface area contributed by atoms with Gasteiger partial charge in [-0.15, -0.1) is 11.3 Å². The number of amidine groups is 1. The molecular formula is C50H38N2S. The molecule has 0 unspecified atom stereocenters. The van der Waals surface area contributed by atoms with Gasteiger partial charge in [-0.2, -0.15) is 0 Å². The van der Waals surface area contributed by atoms with Gasteiger partial charge in [0.2, 0.25) is 0 Å². The molecule has 0 aliphatic carbocycles. The van der Waals surface area contributed by atoms with Crippen LogP contribution in [0.25, 0.3) is 76.8 Å². The number of benzene rings is 7. The number of nitrogens with zero attached hydrogens (tertiary/aromatic N) is 2. The Bertz CT molecular complexity index is 2680. The minimum Gasteiger partial charge on any atom is -0.261 e. The van der Waals surface area contributed by atoms with E-state index in [-0.39, 0.29) is 0 Å². The highest BCUT2D eigenvalue weighted by Crippen LogP contribution is 2.43. The molecule has 8 rings (SSSR count). The van der Waals surface area contributed by atoms with Crippen LogP contribution < -0.4 is 0 Å². The first-order valence-electron chi connectivity index (χ1n) is 17.8. The molecule has 254 valence electrons. The van der Waals surface area contributed by atoms with Crippen LogP contribution in [-0.2, 0) is 6.54 Å². The van der Waals surface area contributed by atoms with Gasteiger partial charge in [0.1, 0.15) is 0 Å². The molecule has 0 spiro atoms. The van der Waals surface area contributed by atoms with Crippen molar-refractivity contribution in [2.45, 2.75) is 13.5 Å². The molecule has 0 saturated heterocycles. The molecule has 0 aliphatic heterocycles. The maximum atomic E-state index is 4.86. The second-order valence-electron chi connectivity index (χ2n) is 13.0. The van der Waals surface area contributed by atoms with E-state index < -0.39 is 0 Å². The van der Waals surface area contributed by atoms with Crippen molar-refractivity contribution < 1.29 is 0 Å². The Hall–Kier alpha value is -6.42. The van der Waals surface area contributed by atoms with Gasteiger partial charge in [0, 0.05) is 25.7 Å². The minimum absolute atomic E-state index is 0.512. The first-order valence-corrected chi connectivity index (χ1v) is 18.7. The van der Waals surface area contributed by atoms with E-state index in [4.69, 9.17) is 4.99 Å². The molecule has 0 saturated carbocycles. The standard InChI is InChI=1S/C50H38N2S/c1-4-13-45-35(5-2)28-29-46-48-44(22-12-23-47(48)53-49(45)46)43-21-11-20-42(32-43)41-19-10-18-40(31-41)39-17-9-14-34(30-39)33-52-50(51-3)38-26-24-37(25-27-38)36-15-7-6-8-16-36/h4-32H,2-3,33H2,1H3/b13-4-,52-50?. The van der Waals surface area contributed by atoms with E-state index in [1.165, 1.54) is 53.6 Å². The maximum absolute atomic E-state index is 4.86. The molecule has 8 aromatic rings. The summed E-state index contributed by atoms with van der Waals surface area (Å²) in [6.45, 7) is 10.5. The summed E-state index contributed by atoms with van der Waals surface area (Å²) >= 11 is 1.86. The third-order valence-corrected chi connectivity index (χ3v) is 10.9. The van der Waals surface area contributed by atoms with E-state index in [0.717, 1.165) is 33.4 Å². The predicted molar refractivity (Wildman–Crippen MR) is 232 cm³/mol. The second-order valence-corrected chi connectivity index (χ2v) is 14.1. The smallest absolute Gasteiger partial charge is 0.154 e. The number of thiophene rings is 1. The highest BCUT2D eigenvalue weighted by molar-refractivity contribution is 7.26. The van der Waals surface area contributed by atoms with Crippen LogP contribution in [0, 0.1) is 0 Å². The Morgan fingerprint density at radius 3 is 1.94 bits per heavy atom. The summed E-state index contributed by atoms with van der Waals surface area (Å²) in [5.41, 5.74) is 14.0. The fourth-order valence-corrected chi connectivity index (χ4v) is 8.38. The van der Waals surface area contributed by atoms with Crippen LogP contribution in [0.4, 0.5) is 0 Å². The Morgan fingerprint density at radius 1 is 0.623 bits per heavy atom. The van der Waals surface area contributed by atoms with Crippen molar-refractivity contribution in [3.8, 4) is 44.5 Å². The molecule has 53 heavy (non-hydrogen) atoms. The summed E-state index contributed by atoms with van der Waals surface area (Å²) in [5, 5.41) is 2.59. The molecule has 0 amide bonds. The molecular weight excluding hydrogens is 661 g/mol. The number of aliphatic imine (C=N–C) groups is 2. The highest BCUT2D eigenvalue weighted by atomic mass is 32.1. The Kier molecular flexibility index (Phi) is 9.57. The zero-order valence-electron chi connectivity index (χ0n) is 29.7. The highest BCUT2D eigenvalue weighted by Gasteiger charge is 2.15. The van der Waals surface area contributed by atoms with Crippen LogP contribution in [0.1, 0.15) is 29.2 Å². The first-order chi connectivity index (χ1) is 26.1. The zero-order chi connectivity index (χ0) is 36.1. The van der Waals surface area contributed by atoms with E-state index in [0.29, 0.717) is 12.4 Å².